The number of nitrogens with one attached hydrogen (secondary N) is 1. The van der Waals surface area contributed by atoms with Crippen LogP contribution in [0.1, 0.15) is 6.92 Å². The summed E-state index contributed by atoms with van der Waals surface area (Å²) >= 11 is 6.07. The summed E-state index contributed by atoms with van der Waals surface area (Å²) in [6.45, 7) is 3.08. The van der Waals surface area contributed by atoms with Crippen LogP contribution in [0.3, 0.4) is 0 Å². The fraction of sp³-hybridized carbons (Fsp3) is 0.667. The van der Waals surface area contributed by atoms with Crippen LogP contribution in [0, 0.1) is 0 Å². The van der Waals surface area contributed by atoms with Crippen molar-refractivity contribution in [2.24, 2.45) is 0 Å². The Balaban J connectivity index is 2.83. The lowest BCUT2D eigenvalue weighted by Gasteiger charge is -2.16. The highest BCUT2D eigenvalue weighted by Crippen LogP contribution is 2.16. The Hall–Kier alpha value is -0.920. The van der Waals surface area contributed by atoms with Crippen molar-refractivity contribution >= 4 is 28.1 Å². The first kappa shape index (κ1) is 17.1. The van der Waals surface area contributed by atoms with Gasteiger partial charge in [-0.2, -0.15) is 5.10 Å². The van der Waals surface area contributed by atoms with Crippen LogP contribution < -0.4 is 10.9 Å². The lowest BCUT2D eigenvalue weighted by molar-refractivity contribution is 0.367. The minimum Gasteiger partial charge on any atom is -0.379 e. The maximum absolute atomic E-state index is 12.1. The summed E-state index contributed by atoms with van der Waals surface area (Å²) in [6, 6.07) is -0.0443. The largest absolute Gasteiger partial charge is 0.379 e. The van der Waals surface area contributed by atoms with Crippen LogP contribution in [-0.2, 0) is 17.3 Å². The molecule has 0 aliphatic rings. The number of hydrogen-bond acceptors (Lipinski definition) is 5. The minimum absolute atomic E-state index is 0.0443. The molecule has 1 rings (SSSR count). The fourth-order valence-electron chi connectivity index (χ4n) is 1.68. The summed E-state index contributed by atoms with van der Waals surface area (Å²) in [5.74, 6) is 0.486. The molecule has 8 heteroatoms. The minimum atomic E-state index is -0.909. The number of anilines is 1. The van der Waals surface area contributed by atoms with Gasteiger partial charge in [0.1, 0.15) is 5.02 Å². The molecule has 0 aliphatic carbocycles. The van der Waals surface area contributed by atoms with Gasteiger partial charge in [0.2, 0.25) is 0 Å². The van der Waals surface area contributed by atoms with Crippen molar-refractivity contribution in [3.05, 3.63) is 21.6 Å². The molecular formula is C12H21ClN4O2S. The molecule has 20 heavy (non-hydrogen) atoms. The zero-order chi connectivity index (χ0) is 15.3. The first-order valence-electron chi connectivity index (χ1n) is 6.28. The van der Waals surface area contributed by atoms with Crippen molar-refractivity contribution in [1.29, 1.82) is 0 Å². The molecule has 0 amide bonds. The quantitative estimate of drug-likeness (QED) is 0.798. The summed E-state index contributed by atoms with van der Waals surface area (Å²) in [5, 5.41) is 7.28. The molecule has 2 atom stereocenters. The maximum atomic E-state index is 12.1. The topological polar surface area (TPSA) is 67.2 Å². The molecule has 1 aromatic rings. The number of rotatable bonds is 7. The predicted molar refractivity (Wildman–Crippen MR) is 84.1 cm³/mol. The molecule has 2 unspecified atom stereocenters. The summed E-state index contributed by atoms with van der Waals surface area (Å²) in [5.41, 5.74) is 0.166. The summed E-state index contributed by atoms with van der Waals surface area (Å²) in [4.78, 5) is 14.0. The molecule has 0 saturated heterocycles. The number of aromatic nitrogens is 2. The van der Waals surface area contributed by atoms with E-state index in [1.165, 1.54) is 10.9 Å². The van der Waals surface area contributed by atoms with Gasteiger partial charge in [0.15, 0.2) is 0 Å². The SMILES string of the molecule is CC(CS(C)=O)Nc1cnn(CCN(C)C)c(=O)c1Cl. The monoisotopic (exact) mass is 320 g/mol. The normalized spacial score (nSPS) is 14.3. The van der Waals surface area contributed by atoms with Crippen molar-refractivity contribution in [2.45, 2.75) is 19.5 Å². The van der Waals surface area contributed by atoms with Crippen LogP contribution in [0.25, 0.3) is 0 Å². The second-order valence-electron chi connectivity index (χ2n) is 4.99. The van der Waals surface area contributed by atoms with Gasteiger partial charge in [0.05, 0.1) is 18.4 Å². The molecule has 0 aromatic carbocycles. The van der Waals surface area contributed by atoms with Gasteiger partial charge >= 0.3 is 0 Å². The van der Waals surface area contributed by atoms with Gasteiger partial charge in [0, 0.05) is 35.4 Å². The van der Waals surface area contributed by atoms with E-state index >= 15 is 0 Å². The highest BCUT2D eigenvalue weighted by molar-refractivity contribution is 7.84. The Bertz CT molecular complexity index is 533. The van der Waals surface area contributed by atoms with E-state index in [4.69, 9.17) is 11.6 Å². The molecule has 0 bridgehead atoms. The second kappa shape index (κ2) is 7.75. The lowest BCUT2D eigenvalue weighted by Crippen LogP contribution is -2.30. The highest BCUT2D eigenvalue weighted by Gasteiger charge is 2.12. The van der Waals surface area contributed by atoms with Gasteiger partial charge in [-0.3, -0.25) is 9.00 Å². The highest BCUT2D eigenvalue weighted by atomic mass is 35.5. The Morgan fingerprint density at radius 2 is 2.20 bits per heavy atom. The van der Waals surface area contributed by atoms with Crippen molar-refractivity contribution in [3.63, 3.8) is 0 Å². The van der Waals surface area contributed by atoms with Gasteiger partial charge in [-0.1, -0.05) is 11.6 Å². The average Bonchev–Trinajstić information content (AvgIpc) is 2.33. The van der Waals surface area contributed by atoms with Crippen molar-refractivity contribution in [2.75, 3.05) is 38.0 Å². The molecule has 0 spiro atoms. The molecule has 1 heterocycles. The van der Waals surface area contributed by atoms with E-state index < -0.39 is 10.8 Å². The van der Waals surface area contributed by atoms with Gasteiger partial charge in [-0.15, -0.1) is 0 Å². The third-order valence-electron chi connectivity index (χ3n) is 2.63. The molecule has 6 nitrogen and oxygen atoms in total. The standard InChI is InChI=1S/C12H21ClN4O2S/c1-9(8-20(4)19)15-10-7-14-17(6-5-16(2)3)12(18)11(10)13/h7,9,15H,5-6,8H2,1-4H3. The third kappa shape index (κ3) is 5.22. The van der Waals surface area contributed by atoms with Crippen LogP contribution in [-0.4, -0.2) is 57.6 Å². The van der Waals surface area contributed by atoms with E-state index in [1.54, 1.807) is 6.26 Å². The number of hydrogen-bond donors (Lipinski definition) is 1. The van der Waals surface area contributed by atoms with E-state index in [1.807, 2.05) is 25.9 Å². The molecule has 1 aromatic heterocycles. The number of nitrogens with zero attached hydrogens (tertiary/aromatic N) is 3. The first-order chi connectivity index (χ1) is 9.31. The Kier molecular flexibility index (Phi) is 6.64. The molecule has 0 radical (unpaired) electrons. The van der Waals surface area contributed by atoms with Crippen molar-refractivity contribution in [3.8, 4) is 0 Å². The molecule has 1 N–H and O–H groups in total. The summed E-state index contributed by atoms with van der Waals surface area (Å²) in [7, 11) is 2.94. The summed E-state index contributed by atoms with van der Waals surface area (Å²) < 4.78 is 12.5. The smallest absolute Gasteiger partial charge is 0.287 e. The van der Waals surface area contributed by atoms with E-state index in [0.29, 0.717) is 24.5 Å². The Morgan fingerprint density at radius 1 is 1.55 bits per heavy atom. The van der Waals surface area contributed by atoms with E-state index in [0.717, 1.165) is 0 Å². The fourth-order valence-corrected chi connectivity index (χ4v) is 2.67. The van der Waals surface area contributed by atoms with Crippen LogP contribution in [0.2, 0.25) is 5.02 Å². The van der Waals surface area contributed by atoms with Crippen LogP contribution in [0.4, 0.5) is 5.69 Å². The summed E-state index contributed by atoms with van der Waals surface area (Å²) in [6.07, 6.45) is 3.17. The van der Waals surface area contributed by atoms with Crippen LogP contribution in [0.5, 0.6) is 0 Å². The van der Waals surface area contributed by atoms with Gasteiger partial charge < -0.3 is 10.2 Å². The average molecular weight is 321 g/mol. The predicted octanol–water partition coefficient (Wildman–Crippen LogP) is 0.637. The van der Waals surface area contributed by atoms with Crippen LogP contribution >= 0.6 is 11.6 Å². The molecule has 0 aliphatic heterocycles. The zero-order valence-electron chi connectivity index (χ0n) is 12.2. The van der Waals surface area contributed by atoms with Crippen molar-refractivity contribution in [1.82, 2.24) is 14.7 Å². The van der Waals surface area contributed by atoms with Gasteiger partial charge in [-0.25, -0.2) is 4.68 Å². The number of likely N-dealkylation sites (N-methyl/N-ethyl adjacent to an activating group) is 1. The molecule has 0 saturated carbocycles. The van der Waals surface area contributed by atoms with Crippen LogP contribution in [0.15, 0.2) is 11.0 Å². The third-order valence-corrected chi connectivity index (χ3v) is 3.97. The van der Waals surface area contributed by atoms with Gasteiger partial charge in [0.25, 0.3) is 5.56 Å². The lowest BCUT2D eigenvalue weighted by atomic mass is 10.3. The second-order valence-corrected chi connectivity index (χ2v) is 6.85. The molecule has 0 fully saturated rings. The van der Waals surface area contributed by atoms with E-state index in [9.17, 15) is 9.00 Å². The Morgan fingerprint density at radius 3 is 2.75 bits per heavy atom. The van der Waals surface area contributed by atoms with Gasteiger partial charge in [-0.05, 0) is 21.0 Å². The van der Waals surface area contributed by atoms with Crippen molar-refractivity contribution < 1.29 is 4.21 Å². The number of halogens is 1. The maximum Gasteiger partial charge on any atom is 0.287 e. The molecular weight excluding hydrogens is 300 g/mol. The zero-order valence-corrected chi connectivity index (χ0v) is 13.8. The first-order valence-corrected chi connectivity index (χ1v) is 8.38. The Labute approximate surface area is 126 Å². The van der Waals surface area contributed by atoms with E-state index in [2.05, 4.69) is 10.4 Å². The molecule has 114 valence electrons. The van der Waals surface area contributed by atoms with E-state index in [-0.39, 0.29) is 16.6 Å².